The SMILES string of the molecule is [CH2]/C(C)=C/C=C/C=C. The summed E-state index contributed by atoms with van der Waals surface area (Å²) in [4.78, 5) is 0. The predicted molar refractivity (Wildman–Crippen MR) is 38.5 cm³/mol. The maximum Gasteiger partial charge on any atom is -0.0283 e. The summed E-state index contributed by atoms with van der Waals surface area (Å²) in [6.07, 6.45) is 7.45. The summed E-state index contributed by atoms with van der Waals surface area (Å²) in [7, 11) is 0. The molecule has 0 nitrogen and oxygen atoms in total. The summed E-state index contributed by atoms with van der Waals surface area (Å²) in [6.45, 7) is 9.16. The maximum atomic E-state index is 3.69. The average Bonchev–Trinajstić information content (AvgIpc) is 1.66. The second-order valence-corrected chi connectivity index (χ2v) is 1.63. The molecule has 43 valence electrons. The lowest BCUT2D eigenvalue weighted by Gasteiger charge is -1.78. The van der Waals surface area contributed by atoms with Crippen molar-refractivity contribution in [2.75, 3.05) is 0 Å². The highest BCUT2D eigenvalue weighted by Crippen LogP contribution is 1.87. The van der Waals surface area contributed by atoms with E-state index in [9.17, 15) is 0 Å². The van der Waals surface area contributed by atoms with Gasteiger partial charge < -0.3 is 0 Å². The van der Waals surface area contributed by atoms with Gasteiger partial charge in [-0.2, -0.15) is 0 Å². The van der Waals surface area contributed by atoms with Gasteiger partial charge >= 0.3 is 0 Å². The van der Waals surface area contributed by atoms with E-state index in [1.54, 1.807) is 6.08 Å². The van der Waals surface area contributed by atoms with E-state index in [2.05, 4.69) is 13.5 Å². The van der Waals surface area contributed by atoms with Gasteiger partial charge in [0.25, 0.3) is 0 Å². The highest BCUT2D eigenvalue weighted by atomic mass is 13.7. The third-order valence-electron chi connectivity index (χ3n) is 0.628. The Morgan fingerprint density at radius 1 is 1.38 bits per heavy atom. The largest absolute Gasteiger partial charge is 0.0991 e. The van der Waals surface area contributed by atoms with E-state index in [-0.39, 0.29) is 0 Å². The Balaban J connectivity index is 3.57. The zero-order valence-corrected chi connectivity index (χ0v) is 5.22. The number of hydrogen-bond donors (Lipinski definition) is 0. The molecule has 0 N–H and O–H groups in total. The van der Waals surface area contributed by atoms with Crippen molar-refractivity contribution in [3.05, 3.63) is 43.4 Å². The highest BCUT2D eigenvalue weighted by molar-refractivity contribution is 5.15. The normalized spacial score (nSPS) is 12.5. The molecule has 0 fully saturated rings. The van der Waals surface area contributed by atoms with Gasteiger partial charge in [0.2, 0.25) is 0 Å². The Labute approximate surface area is 51.2 Å². The van der Waals surface area contributed by atoms with Crippen LogP contribution >= 0.6 is 0 Å². The van der Waals surface area contributed by atoms with Crippen molar-refractivity contribution in [1.82, 2.24) is 0 Å². The standard InChI is InChI=1S/C8H11/c1-4-5-6-7-8(2)3/h4-7H,1-2H2,3H3/b6-5+,8-7-. The summed E-state index contributed by atoms with van der Waals surface area (Å²) >= 11 is 0. The second-order valence-electron chi connectivity index (χ2n) is 1.63. The summed E-state index contributed by atoms with van der Waals surface area (Å²) < 4.78 is 0. The van der Waals surface area contributed by atoms with Crippen LogP contribution in [0.15, 0.2) is 36.5 Å². The van der Waals surface area contributed by atoms with Crippen LogP contribution in [0.25, 0.3) is 0 Å². The van der Waals surface area contributed by atoms with E-state index in [0.717, 1.165) is 5.57 Å². The van der Waals surface area contributed by atoms with Crippen LogP contribution in [-0.4, -0.2) is 0 Å². The van der Waals surface area contributed by atoms with Crippen molar-refractivity contribution in [3.63, 3.8) is 0 Å². The van der Waals surface area contributed by atoms with Gasteiger partial charge in [-0.3, -0.25) is 0 Å². The third-order valence-corrected chi connectivity index (χ3v) is 0.628. The van der Waals surface area contributed by atoms with Crippen molar-refractivity contribution >= 4 is 0 Å². The lowest BCUT2D eigenvalue weighted by atomic mass is 10.3. The first kappa shape index (κ1) is 7.22. The molecule has 0 saturated heterocycles. The van der Waals surface area contributed by atoms with Gasteiger partial charge in [0, 0.05) is 0 Å². The van der Waals surface area contributed by atoms with Crippen molar-refractivity contribution < 1.29 is 0 Å². The fourth-order valence-corrected chi connectivity index (χ4v) is 0.298. The van der Waals surface area contributed by atoms with Gasteiger partial charge in [0.1, 0.15) is 0 Å². The van der Waals surface area contributed by atoms with E-state index in [1.807, 2.05) is 25.2 Å². The molecule has 0 heteroatoms. The van der Waals surface area contributed by atoms with Crippen LogP contribution < -0.4 is 0 Å². The van der Waals surface area contributed by atoms with Gasteiger partial charge in [-0.15, -0.1) is 0 Å². The van der Waals surface area contributed by atoms with Crippen molar-refractivity contribution in [1.29, 1.82) is 0 Å². The number of hydrogen-bond acceptors (Lipinski definition) is 0. The van der Waals surface area contributed by atoms with E-state index >= 15 is 0 Å². The Morgan fingerprint density at radius 3 is 2.38 bits per heavy atom. The smallest absolute Gasteiger partial charge is 0.0283 e. The molecule has 0 saturated carbocycles. The molecule has 8 heavy (non-hydrogen) atoms. The first-order valence-corrected chi connectivity index (χ1v) is 2.55. The van der Waals surface area contributed by atoms with Crippen molar-refractivity contribution in [2.24, 2.45) is 0 Å². The van der Waals surface area contributed by atoms with Gasteiger partial charge in [-0.25, -0.2) is 0 Å². The lowest BCUT2D eigenvalue weighted by molar-refractivity contribution is 1.53. The van der Waals surface area contributed by atoms with E-state index in [1.165, 1.54) is 0 Å². The van der Waals surface area contributed by atoms with Crippen LogP contribution in [0.5, 0.6) is 0 Å². The van der Waals surface area contributed by atoms with Crippen LogP contribution in [0.4, 0.5) is 0 Å². The minimum atomic E-state index is 1.06. The second kappa shape index (κ2) is 4.38. The summed E-state index contributed by atoms with van der Waals surface area (Å²) in [5.41, 5.74) is 1.06. The van der Waals surface area contributed by atoms with Gasteiger partial charge in [0.15, 0.2) is 0 Å². The molecule has 0 unspecified atom stereocenters. The minimum absolute atomic E-state index is 1.06. The molecule has 0 aliphatic heterocycles. The molecule has 0 aromatic carbocycles. The first-order valence-electron chi connectivity index (χ1n) is 2.55. The van der Waals surface area contributed by atoms with E-state index in [4.69, 9.17) is 0 Å². The molecular weight excluding hydrogens is 96.1 g/mol. The molecule has 0 atom stereocenters. The van der Waals surface area contributed by atoms with Gasteiger partial charge in [-0.05, 0) is 13.8 Å². The minimum Gasteiger partial charge on any atom is -0.0991 e. The van der Waals surface area contributed by atoms with Gasteiger partial charge in [-0.1, -0.05) is 36.5 Å². The molecule has 0 bridgehead atoms. The molecule has 0 aromatic rings. The molecule has 0 heterocycles. The Morgan fingerprint density at radius 2 is 2.00 bits per heavy atom. The number of allylic oxidation sites excluding steroid dienone is 5. The molecule has 0 aromatic heterocycles. The summed E-state index contributed by atoms with van der Waals surface area (Å²) in [5.74, 6) is 0. The summed E-state index contributed by atoms with van der Waals surface area (Å²) in [5, 5.41) is 0. The van der Waals surface area contributed by atoms with Crippen LogP contribution in [0.2, 0.25) is 0 Å². The summed E-state index contributed by atoms with van der Waals surface area (Å²) in [6, 6.07) is 0. The monoisotopic (exact) mass is 107 g/mol. The zero-order valence-electron chi connectivity index (χ0n) is 5.22. The Hall–Kier alpha value is -0.780. The molecule has 0 spiro atoms. The molecule has 0 amide bonds. The molecule has 0 aliphatic carbocycles. The molecule has 0 rings (SSSR count). The zero-order chi connectivity index (χ0) is 6.41. The Bertz CT molecular complexity index is 112. The van der Waals surface area contributed by atoms with Crippen molar-refractivity contribution in [3.8, 4) is 0 Å². The average molecular weight is 107 g/mol. The number of rotatable bonds is 2. The quantitative estimate of drug-likeness (QED) is 0.475. The first-order chi connectivity index (χ1) is 3.77. The van der Waals surface area contributed by atoms with Gasteiger partial charge in [0.05, 0.1) is 0 Å². The highest BCUT2D eigenvalue weighted by Gasteiger charge is 1.66. The maximum absolute atomic E-state index is 3.69. The topological polar surface area (TPSA) is 0 Å². The Kier molecular flexibility index (Phi) is 3.95. The van der Waals surface area contributed by atoms with Crippen molar-refractivity contribution in [2.45, 2.75) is 6.92 Å². The van der Waals surface area contributed by atoms with Crippen LogP contribution in [0.1, 0.15) is 6.92 Å². The predicted octanol–water partition coefficient (Wildman–Crippen LogP) is 2.51. The third kappa shape index (κ3) is 5.22. The fraction of sp³-hybridized carbons (Fsp3) is 0.125. The fourth-order valence-electron chi connectivity index (χ4n) is 0.298. The van der Waals surface area contributed by atoms with Crippen LogP contribution in [0.3, 0.4) is 0 Å². The molecular formula is C8H11. The van der Waals surface area contributed by atoms with E-state index in [0.29, 0.717) is 0 Å². The van der Waals surface area contributed by atoms with E-state index < -0.39 is 0 Å². The molecule has 0 aliphatic rings. The molecule has 1 radical (unpaired) electrons. The van der Waals surface area contributed by atoms with Crippen LogP contribution in [-0.2, 0) is 0 Å². The lowest BCUT2D eigenvalue weighted by Crippen LogP contribution is -1.57. The van der Waals surface area contributed by atoms with Crippen LogP contribution in [0, 0.1) is 6.92 Å².